The highest BCUT2D eigenvalue weighted by atomic mass is 32.2. The summed E-state index contributed by atoms with van der Waals surface area (Å²) in [6, 6.07) is 6.43. The summed E-state index contributed by atoms with van der Waals surface area (Å²) >= 11 is 0. The minimum absolute atomic E-state index is 0.100. The summed E-state index contributed by atoms with van der Waals surface area (Å²) in [6.07, 6.45) is 1.56. The maximum atomic E-state index is 12.1. The maximum Gasteiger partial charge on any atom is 0.240 e. The number of ether oxygens (including phenoxy) is 1. The fourth-order valence-electron chi connectivity index (χ4n) is 1.63. The molecule has 21 heavy (non-hydrogen) atoms. The maximum absolute atomic E-state index is 12.1. The number of nitrogens with one attached hydrogen (secondary N) is 1. The molecule has 0 aromatic heterocycles. The van der Waals surface area contributed by atoms with Crippen molar-refractivity contribution in [2.24, 2.45) is 11.1 Å². The Bertz CT molecular complexity index is 519. The van der Waals surface area contributed by atoms with Gasteiger partial charge in [-0.05, 0) is 49.1 Å². The van der Waals surface area contributed by atoms with Crippen molar-refractivity contribution >= 4 is 10.0 Å². The molecule has 6 heteroatoms. The Kier molecular flexibility index (Phi) is 6.64. The van der Waals surface area contributed by atoms with E-state index in [9.17, 15) is 8.42 Å². The van der Waals surface area contributed by atoms with Crippen molar-refractivity contribution in [1.82, 2.24) is 4.72 Å². The lowest BCUT2D eigenvalue weighted by Crippen LogP contribution is -2.27. The SMILES string of the molecule is CC(C)(C)CCNS(=O)(=O)c1ccc(OCCCN)cc1. The van der Waals surface area contributed by atoms with E-state index in [0.29, 0.717) is 25.4 Å². The van der Waals surface area contributed by atoms with E-state index < -0.39 is 10.0 Å². The van der Waals surface area contributed by atoms with Crippen LogP contribution in [0.15, 0.2) is 29.2 Å². The molecule has 3 N–H and O–H groups in total. The highest BCUT2D eigenvalue weighted by Gasteiger charge is 2.16. The fraction of sp³-hybridized carbons (Fsp3) is 0.600. The molecular weight excluding hydrogens is 288 g/mol. The Morgan fingerprint density at radius 1 is 1.19 bits per heavy atom. The van der Waals surface area contributed by atoms with Crippen LogP contribution in [0, 0.1) is 5.41 Å². The summed E-state index contributed by atoms with van der Waals surface area (Å²) in [7, 11) is -3.45. The standard InChI is InChI=1S/C15H26N2O3S/c1-15(2,3)9-11-17-21(18,19)14-7-5-13(6-8-14)20-12-4-10-16/h5-8,17H,4,9-12,16H2,1-3H3. The predicted octanol–water partition coefficient (Wildman–Crippen LogP) is 2.13. The van der Waals surface area contributed by atoms with Crippen molar-refractivity contribution in [1.29, 1.82) is 0 Å². The molecular formula is C15H26N2O3S. The number of hydrogen-bond donors (Lipinski definition) is 2. The molecule has 0 saturated carbocycles. The van der Waals surface area contributed by atoms with Crippen molar-refractivity contribution in [2.45, 2.75) is 38.5 Å². The first kappa shape index (κ1) is 17.9. The van der Waals surface area contributed by atoms with Crippen LogP contribution < -0.4 is 15.2 Å². The molecule has 0 bridgehead atoms. The third-order valence-corrected chi connectivity index (χ3v) is 4.40. The van der Waals surface area contributed by atoms with Gasteiger partial charge in [0.05, 0.1) is 11.5 Å². The first-order chi connectivity index (χ1) is 9.74. The van der Waals surface area contributed by atoms with Crippen LogP contribution in [0.5, 0.6) is 5.75 Å². The highest BCUT2D eigenvalue weighted by Crippen LogP contribution is 2.19. The zero-order valence-corrected chi connectivity index (χ0v) is 13.9. The Morgan fingerprint density at radius 2 is 1.81 bits per heavy atom. The Balaban J connectivity index is 2.59. The zero-order valence-electron chi connectivity index (χ0n) is 13.1. The quantitative estimate of drug-likeness (QED) is 0.720. The number of benzene rings is 1. The van der Waals surface area contributed by atoms with E-state index in [1.54, 1.807) is 24.3 Å². The molecule has 0 unspecified atom stereocenters. The van der Waals surface area contributed by atoms with Crippen LogP contribution in [0.1, 0.15) is 33.6 Å². The summed E-state index contributed by atoms with van der Waals surface area (Å²) in [4.78, 5) is 0.252. The summed E-state index contributed by atoms with van der Waals surface area (Å²) in [5.41, 5.74) is 5.48. The van der Waals surface area contributed by atoms with E-state index >= 15 is 0 Å². The molecule has 1 rings (SSSR count). The highest BCUT2D eigenvalue weighted by molar-refractivity contribution is 7.89. The summed E-state index contributed by atoms with van der Waals surface area (Å²) in [5.74, 6) is 0.650. The molecule has 0 radical (unpaired) electrons. The van der Waals surface area contributed by atoms with Gasteiger partial charge in [-0.15, -0.1) is 0 Å². The van der Waals surface area contributed by atoms with Crippen molar-refractivity contribution in [3.8, 4) is 5.75 Å². The molecule has 0 aliphatic carbocycles. The molecule has 0 fully saturated rings. The van der Waals surface area contributed by atoms with Gasteiger partial charge < -0.3 is 10.5 Å². The monoisotopic (exact) mass is 314 g/mol. The van der Waals surface area contributed by atoms with Gasteiger partial charge in [0.25, 0.3) is 0 Å². The second kappa shape index (κ2) is 7.77. The topological polar surface area (TPSA) is 81.4 Å². The molecule has 1 aromatic rings. The third kappa shape index (κ3) is 6.93. The first-order valence-electron chi connectivity index (χ1n) is 7.17. The van der Waals surface area contributed by atoms with Gasteiger partial charge >= 0.3 is 0 Å². The summed E-state index contributed by atoms with van der Waals surface area (Å²) < 4.78 is 32.3. The van der Waals surface area contributed by atoms with E-state index in [2.05, 4.69) is 25.5 Å². The van der Waals surface area contributed by atoms with Crippen molar-refractivity contribution in [3.05, 3.63) is 24.3 Å². The van der Waals surface area contributed by atoms with Crippen LogP contribution in [-0.4, -0.2) is 28.1 Å². The van der Waals surface area contributed by atoms with Crippen molar-refractivity contribution in [3.63, 3.8) is 0 Å². The van der Waals surface area contributed by atoms with Gasteiger partial charge in [-0.3, -0.25) is 0 Å². The molecule has 120 valence electrons. The van der Waals surface area contributed by atoms with Gasteiger partial charge in [-0.1, -0.05) is 20.8 Å². The number of sulfonamides is 1. The number of rotatable bonds is 8. The smallest absolute Gasteiger partial charge is 0.240 e. The Labute approximate surface area is 127 Å². The van der Waals surface area contributed by atoms with Crippen LogP contribution in [0.3, 0.4) is 0 Å². The summed E-state index contributed by atoms with van der Waals surface area (Å²) in [6.45, 7) is 7.77. The lowest BCUT2D eigenvalue weighted by atomic mass is 9.93. The predicted molar refractivity (Wildman–Crippen MR) is 84.9 cm³/mol. The van der Waals surface area contributed by atoms with Crippen LogP contribution in [0.25, 0.3) is 0 Å². The largest absolute Gasteiger partial charge is 0.494 e. The Hall–Kier alpha value is -1.11. The normalized spacial score (nSPS) is 12.4. The minimum atomic E-state index is -3.45. The van der Waals surface area contributed by atoms with E-state index in [0.717, 1.165) is 12.8 Å². The first-order valence-corrected chi connectivity index (χ1v) is 8.65. The van der Waals surface area contributed by atoms with Gasteiger partial charge in [-0.2, -0.15) is 0 Å². The van der Waals surface area contributed by atoms with Gasteiger partial charge in [-0.25, -0.2) is 13.1 Å². The van der Waals surface area contributed by atoms with Crippen LogP contribution >= 0.6 is 0 Å². The average Bonchev–Trinajstić information content (AvgIpc) is 2.38. The molecule has 0 heterocycles. The molecule has 0 aliphatic heterocycles. The van der Waals surface area contributed by atoms with Gasteiger partial charge in [0.15, 0.2) is 0 Å². The lowest BCUT2D eigenvalue weighted by Gasteiger charge is -2.18. The van der Waals surface area contributed by atoms with Gasteiger partial charge in [0, 0.05) is 6.54 Å². The summed E-state index contributed by atoms with van der Waals surface area (Å²) in [5, 5.41) is 0. The van der Waals surface area contributed by atoms with Gasteiger partial charge in [0.1, 0.15) is 5.75 Å². The van der Waals surface area contributed by atoms with Crippen molar-refractivity contribution < 1.29 is 13.2 Å². The minimum Gasteiger partial charge on any atom is -0.494 e. The van der Waals surface area contributed by atoms with E-state index in [4.69, 9.17) is 10.5 Å². The van der Waals surface area contributed by atoms with E-state index in [-0.39, 0.29) is 10.3 Å². The van der Waals surface area contributed by atoms with Crippen LogP contribution in [0.2, 0.25) is 0 Å². The van der Waals surface area contributed by atoms with Gasteiger partial charge in [0.2, 0.25) is 10.0 Å². The zero-order chi connectivity index (χ0) is 15.9. The number of nitrogens with two attached hydrogens (primary N) is 1. The molecule has 5 nitrogen and oxygen atoms in total. The molecule has 0 spiro atoms. The molecule has 1 aromatic carbocycles. The molecule has 0 aliphatic rings. The average molecular weight is 314 g/mol. The second-order valence-corrected chi connectivity index (χ2v) is 7.94. The van der Waals surface area contributed by atoms with E-state index in [1.807, 2.05) is 0 Å². The number of hydrogen-bond acceptors (Lipinski definition) is 4. The third-order valence-electron chi connectivity index (χ3n) is 2.92. The fourth-order valence-corrected chi connectivity index (χ4v) is 2.66. The second-order valence-electron chi connectivity index (χ2n) is 6.17. The van der Waals surface area contributed by atoms with Crippen LogP contribution in [-0.2, 0) is 10.0 Å². The van der Waals surface area contributed by atoms with Crippen LogP contribution in [0.4, 0.5) is 0 Å². The lowest BCUT2D eigenvalue weighted by molar-refractivity contribution is 0.313. The van der Waals surface area contributed by atoms with E-state index in [1.165, 1.54) is 0 Å². The van der Waals surface area contributed by atoms with Crippen molar-refractivity contribution in [2.75, 3.05) is 19.7 Å². The molecule has 0 atom stereocenters. The molecule has 0 amide bonds. The molecule has 0 saturated heterocycles. The Morgan fingerprint density at radius 3 is 2.33 bits per heavy atom.